The topological polar surface area (TPSA) is 61.8 Å². The van der Waals surface area contributed by atoms with Crippen LogP contribution in [0.2, 0.25) is 0 Å². The van der Waals surface area contributed by atoms with Crippen molar-refractivity contribution in [2.45, 2.75) is 12.1 Å². The summed E-state index contributed by atoms with van der Waals surface area (Å²) in [5, 5.41) is 5.56. The first-order valence-corrected chi connectivity index (χ1v) is 10.3. The average Bonchev–Trinajstić information content (AvgIpc) is 3.54. The Labute approximate surface area is 179 Å². The summed E-state index contributed by atoms with van der Waals surface area (Å²) in [6, 6.07) is 14.0. The van der Waals surface area contributed by atoms with Crippen molar-refractivity contribution >= 4 is 23.6 Å². The quantitative estimate of drug-likeness (QED) is 0.808. The second-order valence-corrected chi connectivity index (χ2v) is 7.83. The molecule has 6 rings (SSSR count). The molecule has 0 saturated carbocycles. The molecule has 0 radical (unpaired) electrons. The monoisotopic (exact) mass is 404 g/mol. The van der Waals surface area contributed by atoms with Crippen LogP contribution in [0.15, 0.2) is 112 Å². The van der Waals surface area contributed by atoms with Gasteiger partial charge in [-0.1, -0.05) is 24.3 Å². The van der Waals surface area contributed by atoms with Crippen LogP contribution in [0.3, 0.4) is 0 Å². The van der Waals surface area contributed by atoms with Crippen LogP contribution in [0, 0.1) is 0 Å². The molecule has 5 nitrogen and oxygen atoms in total. The summed E-state index contributed by atoms with van der Waals surface area (Å²) in [5.41, 5.74) is 3.84. The minimum absolute atomic E-state index is 0.679. The first-order valence-electron chi connectivity index (χ1n) is 10.3. The van der Waals surface area contributed by atoms with Crippen molar-refractivity contribution in [3.8, 4) is 5.75 Å². The first-order chi connectivity index (χ1) is 15.2. The van der Waals surface area contributed by atoms with E-state index in [2.05, 4.69) is 22.5 Å². The highest BCUT2D eigenvalue weighted by Crippen LogP contribution is 2.30. The number of hydrogen-bond donors (Lipinski definition) is 2. The molecule has 4 aliphatic heterocycles. The summed E-state index contributed by atoms with van der Waals surface area (Å²) in [6.45, 7) is 0. The molecule has 4 aliphatic rings. The number of hydrogen-bond acceptors (Lipinski definition) is 4. The standard InChI is InChI=1S/C26H20N4O/c1-2-4-25(5-3-1)31-26-13-12-23(30-26)16-22-9-8-19(28-22)14-18-6-7-20(27-18)15-21-10-11-24(17-26)29-21/h1-12,14-17,27,30H,13H2. The Bertz CT molecular complexity index is 1400. The fourth-order valence-electron chi connectivity index (χ4n) is 4.02. The van der Waals surface area contributed by atoms with Crippen molar-refractivity contribution in [1.82, 2.24) is 10.3 Å². The van der Waals surface area contributed by atoms with Crippen LogP contribution < -0.4 is 20.8 Å². The van der Waals surface area contributed by atoms with Crippen LogP contribution >= 0.6 is 0 Å². The number of nitrogens with zero attached hydrogens (tertiary/aromatic N) is 2. The van der Waals surface area contributed by atoms with Crippen LogP contribution in [-0.4, -0.2) is 22.1 Å². The molecule has 0 saturated heterocycles. The lowest BCUT2D eigenvalue weighted by atomic mass is 10.1. The number of H-pyrrole nitrogens is 1. The van der Waals surface area contributed by atoms with Gasteiger partial charge >= 0.3 is 0 Å². The van der Waals surface area contributed by atoms with Crippen LogP contribution in [0.5, 0.6) is 5.75 Å². The smallest absolute Gasteiger partial charge is 0.206 e. The maximum Gasteiger partial charge on any atom is 0.206 e. The first kappa shape index (κ1) is 17.7. The summed E-state index contributed by atoms with van der Waals surface area (Å²) in [6.07, 6.45) is 19.1. The van der Waals surface area contributed by atoms with Gasteiger partial charge in [0.05, 0.1) is 22.8 Å². The number of nitrogens with one attached hydrogen (secondary N) is 2. The van der Waals surface area contributed by atoms with E-state index in [4.69, 9.17) is 14.7 Å². The minimum atomic E-state index is -0.718. The Balaban J connectivity index is 1.47. The van der Waals surface area contributed by atoms with E-state index in [-0.39, 0.29) is 0 Å². The molecule has 1 aromatic heterocycles. The largest absolute Gasteiger partial charge is 0.464 e. The Hall–Kier alpha value is -4.12. The fourth-order valence-corrected chi connectivity index (χ4v) is 4.02. The van der Waals surface area contributed by atoms with E-state index in [0.717, 1.165) is 45.0 Å². The minimum Gasteiger partial charge on any atom is -0.464 e. The molecule has 0 aliphatic carbocycles. The van der Waals surface area contributed by atoms with E-state index in [0.29, 0.717) is 6.42 Å². The third-order valence-corrected chi connectivity index (χ3v) is 5.41. The molecule has 5 heterocycles. The molecule has 2 N–H and O–H groups in total. The van der Waals surface area contributed by atoms with E-state index in [9.17, 15) is 0 Å². The van der Waals surface area contributed by atoms with Gasteiger partial charge in [-0.3, -0.25) is 0 Å². The number of aromatic nitrogens is 1. The van der Waals surface area contributed by atoms with Gasteiger partial charge in [0.15, 0.2) is 0 Å². The van der Waals surface area contributed by atoms with E-state index >= 15 is 0 Å². The number of allylic oxidation sites excluding steroid dienone is 5. The van der Waals surface area contributed by atoms with Gasteiger partial charge in [-0.15, -0.1) is 0 Å². The summed E-state index contributed by atoms with van der Waals surface area (Å²) >= 11 is 0. The highest BCUT2D eigenvalue weighted by molar-refractivity contribution is 6.20. The van der Waals surface area contributed by atoms with Crippen molar-refractivity contribution in [1.29, 1.82) is 0 Å². The van der Waals surface area contributed by atoms with Gasteiger partial charge in [0, 0.05) is 28.9 Å². The molecule has 0 spiro atoms. The molecule has 2 aromatic rings. The van der Waals surface area contributed by atoms with Gasteiger partial charge in [0.2, 0.25) is 5.72 Å². The number of rotatable bonds is 2. The molecule has 150 valence electrons. The van der Waals surface area contributed by atoms with Crippen molar-refractivity contribution < 1.29 is 4.74 Å². The van der Waals surface area contributed by atoms with E-state index in [1.165, 1.54) is 0 Å². The van der Waals surface area contributed by atoms with E-state index < -0.39 is 5.72 Å². The van der Waals surface area contributed by atoms with Gasteiger partial charge in [-0.2, -0.15) is 0 Å². The van der Waals surface area contributed by atoms with Gasteiger partial charge in [-0.05, 0) is 66.8 Å². The zero-order chi connectivity index (χ0) is 20.7. The van der Waals surface area contributed by atoms with Gasteiger partial charge in [-0.25, -0.2) is 9.98 Å². The number of benzene rings is 1. The predicted octanol–water partition coefficient (Wildman–Crippen LogP) is 3.03. The summed E-state index contributed by atoms with van der Waals surface area (Å²) in [5.74, 6) is 0.802. The maximum atomic E-state index is 6.44. The Morgan fingerprint density at radius 3 is 2.26 bits per heavy atom. The lowest BCUT2D eigenvalue weighted by Gasteiger charge is -2.29. The second kappa shape index (κ2) is 6.99. The lowest BCUT2D eigenvalue weighted by molar-refractivity contribution is 0.108. The predicted molar refractivity (Wildman–Crippen MR) is 124 cm³/mol. The van der Waals surface area contributed by atoms with Crippen molar-refractivity contribution in [3.05, 3.63) is 113 Å². The number of aliphatic imine (C=N–C) groups is 2. The molecule has 31 heavy (non-hydrogen) atoms. The Morgan fingerprint density at radius 1 is 0.774 bits per heavy atom. The van der Waals surface area contributed by atoms with Crippen LogP contribution in [0.1, 0.15) is 6.42 Å². The average molecular weight is 404 g/mol. The van der Waals surface area contributed by atoms with Crippen molar-refractivity contribution in [2.24, 2.45) is 9.98 Å². The maximum absolute atomic E-state index is 6.44. The SMILES string of the molecule is C1=CC2=NC1=CC1=CCC(Oc3ccccc3)(C=C3C=CC(=N3)C=c3ccc([nH]3)=C2)N1. The van der Waals surface area contributed by atoms with E-state index in [1.807, 2.05) is 85.0 Å². The summed E-state index contributed by atoms with van der Waals surface area (Å²) in [4.78, 5) is 12.9. The lowest BCUT2D eigenvalue weighted by Crippen LogP contribution is -2.44. The molecule has 1 atom stereocenters. The zero-order valence-electron chi connectivity index (χ0n) is 16.7. The summed E-state index contributed by atoms with van der Waals surface area (Å²) in [7, 11) is 0. The van der Waals surface area contributed by atoms with Gasteiger partial charge in [0.1, 0.15) is 5.75 Å². The number of fused-ring (bicyclic) bond motifs is 6. The molecular formula is C26H20N4O. The van der Waals surface area contributed by atoms with Gasteiger partial charge < -0.3 is 15.0 Å². The van der Waals surface area contributed by atoms with Gasteiger partial charge in [0.25, 0.3) is 0 Å². The summed E-state index contributed by atoms with van der Waals surface area (Å²) < 4.78 is 6.44. The van der Waals surface area contributed by atoms with E-state index in [1.54, 1.807) is 0 Å². The Morgan fingerprint density at radius 2 is 1.48 bits per heavy atom. The molecular weight excluding hydrogens is 384 g/mol. The number of para-hydroxylation sites is 1. The van der Waals surface area contributed by atoms with Crippen LogP contribution in [0.4, 0.5) is 0 Å². The molecule has 1 unspecified atom stereocenters. The van der Waals surface area contributed by atoms with Crippen molar-refractivity contribution in [3.63, 3.8) is 0 Å². The van der Waals surface area contributed by atoms with Crippen LogP contribution in [-0.2, 0) is 0 Å². The van der Waals surface area contributed by atoms with Crippen molar-refractivity contribution in [2.75, 3.05) is 0 Å². The molecule has 0 fully saturated rings. The molecule has 1 aromatic carbocycles. The second-order valence-electron chi connectivity index (χ2n) is 7.83. The fraction of sp³-hybridized carbons (Fsp3) is 0.0769. The highest BCUT2D eigenvalue weighted by Gasteiger charge is 2.34. The normalized spacial score (nSPS) is 23.0. The third-order valence-electron chi connectivity index (χ3n) is 5.41. The molecule has 8 bridgehead atoms. The Kier molecular flexibility index (Phi) is 3.99. The van der Waals surface area contributed by atoms with Crippen LogP contribution in [0.25, 0.3) is 12.2 Å². The molecule has 0 amide bonds. The number of aromatic amines is 1. The molecule has 5 heteroatoms. The zero-order valence-corrected chi connectivity index (χ0v) is 16.7. The highest BCUT2D eigenvalue weighted by atomic mass is 16.5. The third kappa shape index (κ3) is 3.62. The number of ether oxygens (including phenoxy) is 1.